The van der Waals surface area contributed by atoms with Gasteiger partial charge in [0.1, 0.15) is 6.54 Å². The number of aliphatic hydroxyl groups excluding tert-OH is 1. The van der Waals surface area contributed by atoms with Crippen LogP contribution in [0.1, 0.15) is 58.4 Å². The summed E-state index contributed by atoms with van der Waals surface area (Å²) in [6, 6.07) is 29.9. The molecule has 4 aromatic carbocycles. The minimum atomic E-state index is -0.968. The molecule has 4 N–H and O–H groups in total. The van der Waals surface area contributed by atoms with Gasteiger partial charge in [0.05, 0.1) is 31.0 Å². The van der Waals surface area contributed by atoms with Gasteiger partial charge >= 0.3 is 18.0 Å². The Morgan fingerprint density at radius 3 is 2.33 bits per heavy atom. The van der Waals surface area contributed by atoms with E-state index >= 15 is 0 Å². The molecule has 0 spiro atoms. The summed E-state index contributed by atoms with van der Waals surface area (Å²) in [5.41, 5.74) is 5.71. The quantitative estimate of drug-likeness (QED) is 0.0960. The van der Waals surface area contributed by atoms with Gasteiger partial charge in [-0.1, -0.05) is 78.9 Å². The van der Waals surface area contributed by atoms with Gasteiger partial charge in [-0.3, -0.25) is 4.79 Å². The summed E-state index contributed by atoms with van der Waals surface area (Å²) in [6.07, 6.45) is -0.567. The van der Waals surface area contributed by atoms with Crippen LogP contribution in [0.3, 0.4) is 0 Å². The highest BCUT2D eigenvalue weighted by Gasteiger charge is 2.32. The molecule has 0 bridgehead atoms. The molecule has 1 aliphatic heterocycles. The Hall–Kier alpha value is -4.68. The first-order chi connectivity index (χ1) is 23.3. The number of ether oxygens (including phenoxy) is 3. The Morgan fingerprint density at radius 2 is 1.60 bits per heavy atom. The molecule has 48 heavy (non-hydrogen) atoms. The molecule has 0 aromatic heterocycles. The van der Waals surface area contributed by atoms with Crippen molar-refractivity contribution < 1.29 is 38.8 Å². The Morgan fingerprint density at radius 1 is 0.854 bits per heavy atom. The Labute approximate surface area is 283 Å². The normalized spacial score (nSPS) is 17.3. The van der Waals surface area contributed by atoms with Gasteiger partial charge in [-0.15, -0.1) is 11.8 Å². The fraction of sp³-hybridized carbons (Fsp3) is 0.270. The van der Waals surface area contributed by atoms with Gasteiger partial charge in [0.25, 0.3) is 0 Å². The van der Waals surface area contributed by atoms with Crippen LogP contribution in [0, 0.1) is 0 Å². The molecule has 1 fully saturated rings. The average Bonchev–Trinajstić information content (AvgIpc) is 3.12. The van der Waals surface area contributed by atoms with Crippen molar-refractivity contribution in [2.45, 2.75) is 49.9 Å². The fourth-order valence-corrected chi connectivity index (χ4v) is 6.34. The van der Waals surface area contributed by atoms with Crippen molar-refractivity contribution in [3.8, 4) is 11.1 Å². The van der Waals surface area contributed by atoms with Gasteiger partial charge < -0.3 is 35.1 Å². The molecule has 10 nitrogen and oxygen atoms in total. The van der Waals surface area contributed by atoms with Gasteiger partial charge in [-0.05, 0) is 52.9 Å². The Balaban J connectivity index is 1.27. The lowest BCUT2D eigenvalue weighted by molar-refractivity contribution is -0.245. The first-order valence-electron chi connectivity index (χ1n) is 15.6. The first-order valence-corrected chi connectivity index (χ1v) is 16.6. The van der Waals surface area contributed by atoms with E-state index in [4.69, 9.17) is 14.2 Å². The van der Waals surface area contributed by atoms with E-state index in [1.807, 2.05) is 78.9 Å². The predicted octanol–water partition coefficient (Wildman–Crippen LogP) is 6.24. The number of urea groups is 1. The smallest absolute Gasteiger partial charge is 0.336 e. The SMILES string of the molecule is CCOC(=O)CNC(=O)NCc1cccc(-c2ccc([C@H]3O[C@@H](CSc4ccccc4C(=O)O)C[C@@H](c4ccc(CO)cc4)O3)cc2)c1. The lowest BCUT2D eigenvalue weighted by atomic mass is 9.99. The average molecular weight is 671 g/mol. The number of rotatable bonds is 13. The molecule has 4 aromatic rings. The zero-order valence-electron chi connectivity index (χ0n) is 26.5. The molecule has 250 valence electrons. The molecule has 0 unspecified atom stereocenters. The van der Waals surface area contributed by atoms with Crippen molar-refractivity contribution in [1.29, 1.82) is 0 Å². The number of hydrogen-bond donors (Lipinski definition) is 4. The van der Waals surface area contributed by atoms with E-state index in [9.17, 15) is 24.6 Å². The molecular weight excluding hydrogens is 632 g/mol. The molecular formula is C37H38N2O8S. The van der Waals surface area contributed by atoms with Gasteiger partial charge in [0, 0.05) is 29.2 Å². The van der Waals surface area contributed by atoms with Crippen LogP contribution in [0.4, 0.5) is 4.79 Å². The highest BCUT2D eigenvalue weighted by atomic mass is 32.2. The van der Waals surface area contributed by atoms with Crippen LogP contribution in [0.5, 0.6) is 0 Å². The van der Waals surface area contributed by atoms with E-state index in [1.54, 1.807) is 25.1 Å². The van der Waals surface area contributed by atoms with E-state index in [2.05, 4.69) is 10.6 Å². The van der Waals surface area contributed by atoms with Crippen molar-refractivity contribution in [1.82, 2.24) is 10.6 Å². The molecule has 0 radical (unpaired) electrons. The molecule has 1 heterocycles. The maximum absolute atomic E-state index is 12.1. The monoisotopic (exact) mass is 670 g/mol. The van der Waals surface area contributed by atoms with Crippen molar-refractivity contribution in [3.63, 3.8) is 0 Å². The van der Waals surface area contributed by atoms with E-state index < -0.39 is 24.3 Å². The van der Waals surface area contributed by atoms with Crippen molar-refractivity contribution >= 4 is 29.7 Å². The van der Waals surface area contributed by atoms with Crippen LogP contribution >= 0.6 is 11.8 Å². The van der Waals surface area contributed by atoms with Gasteiger partial charge in [0.15, 0.2) is 6.29 Å². The third kappa shape index (κ3) is 9.45. The third-order valence-electron chi connectivity index (χ3n) is 7.75. The predicted molar refractivity (Wildman–Crippen MR) is 181 cm³/mol. The lowest BCUT2D eigenvalue weighted by Crippen LogP contribution is -2.38. The number of aromatic carboxylic acids is 1. The van der Waals surface area contributed by atoms with E-state index in [0.717, 1.165) is 33.4 Å². The zero-order chi connectivity index (χ0) is 33.9. The topological polar surface area (TPSA) is 143 Å². The van der Waals surface area contributed by atoms with Crippen molar-refractivity contribution in [2.75, 3.05) is 18.9 Å². The van der Waals surface area contributed by atoms with Crippen molar-refractivity contribution in [2.24, 2.45) is 0 Å². The minimum Gasteiger partial charge on any atom is -0.478 e. The van der Waals surface area contributed by atoms with E-state index in [1.165, 1.54) is 11.8 Å². The number of amides is 2. The van der Waals surface area contributed by atoms with Gasteiger partial charge in [0.2, 0.25) is 0 Å². The van der Waals surface area contributed by atoms with Crippen LogP contribution < -0.4 is 10.6 Å². The maximum atomic E-state index is 12.1. The summed E-state index contributed by atoms with van der Waals surface area (Å²) in [7, 11) is 0. The summed E-state index contributed by atoms with van der Waals surface area (Å²) in [5, 5.41) is 24.4. The van der Waals surface area contributed by atoms with Gasteiger partial charge in [-0.2, -0.15) is 0 Å². The number of hydrogen-bond acceptors (Lipinski definition) is 8. The highest BCUT2D eigenvalue weighted by Crippen LogP contribution is 2.40. The van der Waals surface area contributed by atoms with Crippen LogP contribution in [-0.2, 0) is 32.2 Å². The van der Waals surface area contributed by atoms with Crippen LogP contribution in [0.15, 0.2) is 102 Å². The summed E-state index contributed by atoms with van der Waals surface area (Å²) in [5.74, 6) is -0.927. The standard InChI is InChI=1S/C37H38N2O8S/c1-2-45-34(41)21-39-37(44)38-20-25-6-5-7-29(18-25)26-14-16-28(17-15-26)36-46-30(23-48-33-9-4-3-8-31(33)35(42)43)19-32(47-36)27-12-10-24(22-40)11-13-27/h3-18,30,32,36,40H,2,19-23H2,1H3,(H,42,43)(H2,38,39,44)/t30-,32+,36+/m1/s1. The van der Waals surface area contributed by atoms with E-state index in [-0.39, 0.29) is 44.1 Å². The molecule has 2 amide bonds. The van der Waals surface area contributed by atoms with Crippen LogP contribution in [0.2, 0.25) is 0 Å². The highest BCUT2D eigenvalue weighted by molar-refractivity contribution is 7.99. The number of carbonyl (C=O) groups excluding carboxylic acids is 2. The number of benzene rings is 4. The maximum Gasteiger partial charge on any atom is 0.336 e. The lowest BCUT2D eigenvalue weighted by Gasteiger charge is -2.36. The summed E-state index contributed by atoms with van der Waals surface area (Å²) >= 11 is 1.45. The Bertz CT molecular complexity index is 1700. The van der Waals surface area contributed by atoms with Crippen LogP contribution in [-0.4, -0.2) is 53.2 Å². The molecule has 0 saturated carbocycles. The number of thioether (sulfide) groups is 1. The first kappa shape index (κ1) is 34.6. The summed E-state index contributed by atoms with van der Waals surface area (Å²) < 4.78 is 17.8. The Kier molecular flexibility index (Phi) is 12.2. The summed E-state index contributed by atoms with van der Waals surface area (Å²) in [6.45, 7) is 1.99. The number of esters is 1. The number of carboxylic acid groups (broad SMARTS) is 1. The summed E-state index contributed by atoms with van der Waals surface area (Å²) in [4.78, 5) is 36.0. The molecule has 1 aliphatic rings. The molecule has 1 saturated heterocycles. The fourth-order valence-electron chi connectivity index (χ4n) is 5.28. The van der Waals surface area contributed by atoms with Gasteiger partial charge in [-0.25, -0.2) is 9.59 Å². The number of carboxylic acids is 1. The van der Waals surface area contributed by atoms with Crippen molar-refractivity contribution in [3.05, 3.63) is 125 Å². The second-order valence-electron chi connectivity index (χ2n) is 11.1. The zero-order valence-corrected chi connectivity index (χ0v) is 27.3. The van der Waals surface area contributed by atoms with E-state index in [0.29, 0.717) is 17.1 Å². The third-order valence-corrected chi connectivity index (χ3v) is 8.96. The van der Waals surface area contributed by atoms with Crippen LogP contribution in [0.25, 0.3) is 11.1 Å². The number of nitrogens with one attached hydrogen (secondary N) is 2. The molecule has 3 atom stereocenters. The second kappa shape index (κ2) is 16.9. The number of aliphatic hydroxyl groups is 1. The second-order valence-corrected chi connectivity index (χ2v) is 12.2. The minimum absolute atomic E-state index is 0.0436. The molecule has 0 aliphatic carbocycles. The molecule has 5 rings (SSSR count). The number of carbonyl (C=O) groups is 3. The molecule has 11 heteroatoms. The largest absolute Gasteiger partial charge is 0.478 e.